The molecule has 1 spiro atoms. The normalized spacial score (nSPS) is 21.5. The molecule has 2 saturated heterocycles. The maximum Gasteiger partial charge on any atom is 0.186 e. The molecule has 3 heterocycles. The number of rotatable bonds is 2. The van der Waals surface area contributed by atoms with Crippen LogP contribution in [0, 0.1) is 0 Å². The summed E-state index contributed by atoms with van der Waals surface area (Å²) in [5.41, 5.74) is 2.51. The summed E-state index contributed by atoms with van der Waals surface area (Å²) in [5.74, 6) is -0.304. The van der Waals surface area contributed by atoms with E-state index in [1.807, 2.05) is 0 Å². The second-order valence-corrected chi connectivity index (χ2v) is 6.72. The number of piperidine rings is 1. The van der Waals surface area contributed by atoms with Gasteiger partial charge in [-0.15, -0.1) is 0 Å². The van der Waals surface area contributed by atoms with Crippen LogP contribution in [-0.2, 0) is 15.9 Å². The van der Waals surface area contributed by atoms with Gasteiger partial charge in [-0.2, -0.15) is 0 Å². The molecule has 0 radical (unpaired) electrons. The number of fused-ring (bicyclic) bond motifs is 1. The van der Waals surface area contributed by atoms with Gasteiger partial charge in [-0.1, -0.05) is 30.4 Å². The standard InChI is InChI=1S/C16H20N2O2S/c1-2-12-4-3-5-13-14(12)17-15(21-13)18-8-6-16(7-9-18)19-10-11-20-16/h3-5H,2,6-11H2,1H3. The number of benzene rings is 1. The van der Waals surface area contributed by atoms with Crippen LogP contribution in [-0.4, -0.2) is 37.1 Å². The molecule has 2 aliphatic rings. The van der Waals surface area contributed by atoms with Crippen molar-refractivity contribution in [2.24, 2.45) is 0 Å². The molecular formula is C16H20N2O2S. The quantitative estimate of drug-likeness (QED) is 0.853. The van der Waals surface area contributed by atoms with Crippen molar-refractivity contribution in [3.05, 3.63) is 23.8 Å². The van der Waals surface area contributed by atoms with E-state index in [0.717, 1.165) is 50.7 Å². The smallest absolute Gasteiger partial charge is 0.186 e. The molecule has 0 atom stereocenters. The molecule has 4 nitrogen and oxygen atoms in total. The first-order valence-corrected chi connectivity index (χ1v) is 8.53. The van der Waals surface area contributed by atoms with Crippen molar-refractivity contribution in [2.75, 3.05) is 31.2 Å². The molecule has 21 heavy (non-hydrogen) atoms. The van der Waals surface area contributed by atoms with Gasteiger partial charge in [-0.05, 0) is 18.1 Å². The minimum absolute atomic E-state index is 0.304. The lowest BCUT2D eigenvalue weighted by molar-refractivity contribution is -0.169. The molecule has 5 heteroatoms. The molecule has 112 valence electrons. The lowest BCUT2D eigenvalue weighted by Crippen LogP contribution is -2.45. The fourth-order valence-corrected chi connectivity index (χ4v) is 4.30. The van der Waals surface area contributed by atoms with E-state index in [9.17, 15) is 0 Å². The Balaban J connectivity index is 1.57. The maximum atomic E-state index is 5.80. The molecule has 2 aromatic rings. The van der Waals surface area contributed by atoms with E-state index in [1.54, 1.807) is 11.3 Å². The number of thiazole rings is 1. The Morgan fingerprint density at radius 3 is 2.71 bits per heavy atom. The second-order valence-electron chi connectivity index (χ2n) is 5.71. The number of ether oxygens (including phenoxy) is 2. The number of anilines is 1. The third kappa shape index (κ3) is 2.33. The Morgan fingerprint density at radius 1 is 1.24 bits per heavy atom. The highest BCUT2D eigenvalue weighted by Crippen LogP contribution is 2.36. The van der Waals surface area contributed by atoms with Crippen molar-refractivity contribution in [1.82, 2.24) is 4.98 Å². The summed E-state index contributed by atoms with van der Waals surface area (Å²) < 4.78 is 12.9. The fourth-order valence-electron chi connectivity index (χ4n) is 3.24. The number of hydrogen-bond acceptors (Lipinski definition) is 5. The predicted octanol–water partition coefficient (Wildman–Crippen LogP) is 3.20. The molecule has 0 aliphatic carbocycles. The van der Waals surface area contributed by atoms with Gasteiger partial charge in [0.2, 0.25) is 0 Å². The Labute approximate surface area is 128 Å². The Bertz CT molecular complexity index is 639. The highest BCUT2D eigenvalue weighted by Gasteiger charge is 2.40. The molecule has 0 N–H and O–H groups in total. The molecular weight excluding hydrogens is 284 g/mol. The first-order chi connectivity index (χ1) is 10.3. The monoisotopic (exact) mass is 304 g/mol. The van der Waals surface area contributed by atoms with Crippen LogP contribution in [0.1, 0.15) is 25.3 Å². The highest BCUT2D eigenvalue weighted by atomic mass is 32.1. The Kier molecular flexibility index (Phi) is 3.36. The van der Waals surface area contributed by atoms with Crippen LogP contribution in [0.2, 0.25) is 0 Å². The van der Waals surface area contributed by atoms with Crippen molar-refractivity contribution < 1.29 is 9.47 Å². The van der Waals surface area contributed by atoms with Crippen molar-refractivity contribution >= 4 is 26.7 Å². The predicted molar refractivity (Wildman–Crippen MR) is 85.1 cm³/mol. The number of hydrogen-bond donors (Lipinski definition) is 0. The lowest BCUT2D eigenvalue weighted by Gasteiger charge is -2.37. The van der Waals surface area contributed by atoms with Crippen LogP contribution < -0.4 is 4.90 Å². The maximum absolute atomic E-state index is 5.80. The zero-order valence-electron chi connectivity index (χ0n) is 12.3. The number of nitrogens with zero attached hydrogens (tertiary/aromatic N) is 2. The van der Waals surface area contributed by atoms with E-state index >= 15 is 0 Å². The molecule has 0 saturated carbocycles. The summed E-state index contributed by atoms with van der Waals surface area (Å²) in [5, 5.41) is 1.14. The molecule has 2 fully saturated rings. The fraction of sp³-hybridized carbons (Fsp3) is 0.562. The van der Waals surface area contributed by atoms with Crippen LogP contribution in [0.15, 0.2) is 18.2 Å². The van der Waals surface area contributed by atoms with Gasteiger partial charge < -0.3 is 14.4 Å². The van der Waals surface area contributed by atoms with Gasteiger partial charge in [0, 0.05) is 25.9 Å². The highest BCUT2D eigenvalue weighted by molar-refractivity contribution is 7.22. The van der Waals surface area contributed by atoms with Crippen molar-refractivity contribution in [1.29, 1.82) is 0 Å². The van der Waals surface area contributed by atoms with Crippen molar-refractivity contribution in [3.63, 3.8) is 0 Å². The van der Waals surface area contributed by atoms with Crippen molar-refractivity contribution in [3.8, 4) is 0 Å². The number of para-hydroxylation sites is 1. The van der Waals surface area contributed by atoms with Crippen LogP contribution in [0.4, 0.5) is 5.13 Å². The summed E-state index contributed by atoms with van der Waals surface area (Å²) in [6, 6.07) is 6.48. The van der Waals surface area contributed by atoms with Gasteiger partial charge in [-0.3, -0.25) is 0 Å². The summed E-state index contributed by atoms with van der Waals surface area (Å²) >= 11 is 1.80. The van der Waals surface area contributed by atoms with Gasteiger partial charge >= 0.3 is 0 Å². The third-order valence-corrected chi connectivity index (χ3v) is 5.56. The average molecular weight is 304 g/mol. The molecule has 0 unspecified atom stereocenters. The summed E-state index contributed by atoms with van der Waals surface area (Å²) in [4.78, 5) is 7.26. The van der Waals surface area contributed by atoms with E-state index in [1.165, 1.54) is 15.8 Å². The minimum atomic E-state index is -0.304. The van der Waals surface area contributed by atoms with Crippen LogP contribution in [0.25, 0.3) is 10.2 Å². The third-order valence-electron chi connectivity index (χ3n) is 4.48. The number of aryl methyl sites for hydroxylation is 1. The topological polar surface area (TPSA) is 34.6 Å². The Morgan fingerprint density at radius 2 is 2.00 bits per heavy atom. The summed E-state index contributed by atoms with van der Waals surface area (Å²) in [6.45, 7) is 5.58. The van der Waals surface area contributed by atoms with Gasteiger partial charge in [-0.25, -0.2) is 4.98 Å². The SMILES string of the molecule is CCc1cccc2sc(N3CCC4(CC3)OCCO4)nc12. The van der Waals surface area contributed by atoms with E-state index < -0.39 is 0 Å². The molecule has 1 aromatic heterocycles. The molecule has 0 amide bonds. The average Bonchev–Trinajstić information content (AvgIpc) is 3.15. The van der Waals surface area contributed by atoms with Gasteiger partial charge in [0.15, 0.2) is 10.9 Å². The van der Waals surface area contributed by atoms with E-state index in [2.05, 4.69) is 30.0 Å². The van der Waals surface area contributed by atoms with Gasteiger partial charge in [0.25, 0.3) is 0 Å². The van der Waals surface area contributed by atoms with Crippen LogP contribution in [0.3, 0.4) is 0 Å². The lowest BCUT2D eigenvalue weighted by atomic mass is 10.0. The first kappa shape index (κ1) is 13.5. The van der Waals surface area contributed by atoms with E-state index in [0.29, 0.717) is 0 Å². The summed E-state index contributed by atoms with van der Waals surface area (Å²) in [6.07, 6.45) is 2.90. The van der Waals surface area contributed by atoms with Crippen LogP contribution >= 0.6 is 11.3 Å². The van der Waals surface area contributed by atoms with Crippen molar-refractivity contribution in [2.45, 2.75) is 32.0 Å². The number of aromatic nitrogens is 1. The molecule has 4 rings (SSSR count). The second kappa shape index (κ2) is 5.23. The van der Waals surface area contributed by atoms with E-state index in [-0.39, 0.29) is 5.79 Å². The largest absolute Gasteiger partial charge is 0.348 e. The zero-order valence-corrected chi connectivity index (χ0v) is 13.1. The Hall–Kier alpha value is -1.17. The first-order valence-electron chi connectivity index (χ1n) is 7.71. The van der Waals surface area contributed by atoms with Gasteiger partial charge in [0.05, 0.1) is 23.4 Å². The van der Waals surface area contributed by atoms with Crippen LogP contribution in [0.5, 0.6) is 0 Å². The van der Waals surface area contributed by atoms with Gasteiger partial charge in [0.1, 0.15) is 0 Å². The minimum Gasteiger partial charge on any atom is -0.348 e. The molecule has 1 aromatic carbocycles. The molecule has 2 aliphatic heterocycles. The zero-order chi connectivity index (χ0) is 14.3. The molecule has 0 bridgehead atoms. The summed E-state index contributed by atoms with van der Waals surface area (Å²) in [7, 11) is 0. The van der Waals surface area contributed by atoms with E-state index in [4.69, 9.17) is 14.5 Å².